The fourth-order valence-electron chi connectivity index (χ4n) is 3.40. The molecule has 0 aliphatic rings. The highest BCUT2D eigenvalue weighted by Gasteiger charge is 2.11. The summed E-state index contributed by atoms with van der Waals surface area (Å²) in [5, 5.41) is 3.01. The number of rotatable bonds is 5. The van der Waals surface area contributed by atoms with E-state index in [1.165, 1.54) is 5.56 Å². The lowest BCUT2D eigenvalue weighted by Crippen LogP contribution is -2.23. The van der Waals surface area contributed by atoms with Crippen LogP contribution in [-0.4, -0.2) is 10.9 Å². The molecule has 1 aromatic heterocycles. The Hall–Kier alpha value is -3.92. The molecule has 0 aliphatic heterocycles. The number of aromatic nitrogens is 1. The van der Waals surface area contributed by atoms with Crippen LogP contribution in [0.3, 0.4) is 0 Å². The van der Waals surface area contributed by atoms with Gasteiger partial charge >= 0.3 is 0 Å². The molecule has 3 N–H and O–H groups in total. The average Bonchev–Trinajstić information content (AvgIpc) is 2.79. The van der Waals surface area contributed by atoms with Gasteiger partial charge < -0.3 is 11.1 Å². The summed E-state index contributed by atoms with van der Waals surface area (Å²) in [6.07, 6.45) is 1.79. The van der Waals surface area contributed by atoms with Crippen LogP contribution in [-0.2, 0) is 6.54 Å². The predicted octanol–water partition coefficient (Wildman–Crippen LogP) is 5.54. The lowest BCUT2D eigenvalue weighted by Gasteiger charge is -2.12. The SMILES string of the molecule is Cc1ccc(-c2cc(C(=O)NCc3ccc(C)nc3)cc(-c3ccc(N)cc3)c2)cc1. The second-order valence-corrected chi connectivity index (χ2v) is 7.78. The standard InChI is InChI=1S/C27H25N3O/c1-18-3-7-21(8-4-18)23-13-24(22-9-11-26(28)12-10-22)15-25(14-23)27(31)30-17-20-6-5-19(2)29-16-20/h3-16H,17,28H2,1-2H3,(H,30,31). The third kappa shape index (κ3) is 4.98. The quantitative estimate of drug-likeness (QED) is 0.427. The molecule has 4 rings (SSSR count). The van der Waals surface area contributed by atoms with E-state index < -0.39 is 0 Å². The zero-order valence-corrected chi connectivity index (χ0v) is 17.7. The molecule has 0 bridgehead atoms. The number of anilines is 1. The van der Waals surface area contributed by atoms with Gasteiger partial charge in [0, 0.05) is 29.7 Å². The summed E-state index contributed by atoms with van der Waals surface area (Å²) in [6.45, 7) is 4.43. The molecular formula is C27H25N3O. The van der Waals surface area contributed by atoms with Crippen LogP contribution in [0.15, 0.2) is 85.1 Å². The number of benzene rings is 3. The molecule has 4 nitrogen and oxygen atoms in total. The molecular weight excluding hydrogens is 382 g/mol. The summed E-state index contributed by atoms with van der Waals surface area (Å²) in [6, 6.07) is 25.9. The van der Waals surface area contributed by atoms with E-state index in [0.717, 1.165) is 33.5 Å². The number of nitrogens with zero attached hydrogens (tertiary/aromatic N) is 1. The number of amides is 1. The van der Waals surface area contributed by atoms with E-state index in [1.807, 2.05) is 55.5 Å². The zero-order chi connectivity index (χ0) is 21.8. The highest BCUT2D eigenvalue weighted by Crippen LogP contribution is 2.29. The number of hydrogen-bond donors (Lipinski definition) is 2. The van der Waals surface area contributed by atoms with Gasteiger partial charge in [-0.2, -0.15) is 0 Å². The summed E-state index contributed by atoms with van der Waals surface area (Å²) in [5.74, 6) is -0.119. The van der Waals surface area contributed by atoms with Crippen molar-refractivity contribution in [1.29, 1.82) is 0 Å². The van der Waals surface area contributed by atoms with Crippen LogP contribution in [0.25, 0.3) is 22.3 Å². The first-order chi connectivity index (χ1) is 15.0. The van der Waals surface area contributed by atoms with Gasteiger partial charge in [-0.1, -0.05) is 48.0 Å². The van der Waals surface area contributed by atoms with Gasteiger partial charge in [-0.3, -0.25) is 9.78 Å². The zero-order valence-electron chi connectivity index (χ0n) is 17.7. The molecule has 154 valence electrons. The van der Waals surface area contributed by atoms with Crippen LogP contribution in [0.1, 0.15) is 27.2 Å². The molecule has 4 aromatic rings. The van der Waals surface area contributed by atoms with Gasteiger partial charge in [0.15, 0.2) is 0 Å². The highest BCUT2D eigenvalue weighted by atomic mass is 16.1. The van der Waals surface area contributed by atoms with Crippen LogP contribution >= 0.6 is 0 Å². The Kier molecular flexibility index (Phi) is 5.80. The molecule has 3 aromatic carbocycles. The molecule has 0 spiro atoms. The van der Waals surface area contributed by atoms with Crippen molar-refractivity contribution < 1.29 is 4.79 Å². The number of nitrogens with one attached hydrogen (secondary N) is 1. The fourth-order valence-corrected chi connectivity index (χ4v) is 3.40. The molecule has 31 heavy (non-hydrogen) atoms. The summed E-state index contributed by atoms with van der Waals surface area (Å²) in [7, 11) is 0. The number of carbonyl (C=O) groups is 1. The van der Waals surface area contributed by atoms with E-state index in [1.54, 1.807) is 6.20 Å². The van der Waals surface area contributed by atoms with Gasteiger partial charge in [0.25, 0.3) is 5.91 Å². The molecule has 0 saturated carbocycles. The van der Waals surface area contributed by atoms with Crippen molar-refractivity contribution in [2.45, 2.75) is 20.4 Å². The molecule has 1 heterocycles. The summed E-state index contributed by atoms with van der Waals surface area (Å²) >= 11 is 0. The topological polar surface area (TPSA) is 68.0 Å². The number of aryl methyl sites for hydroxylation is 2. The number of pyridine rings is 1. The predicted molar refractivity (Wildman–Crippen MR) is 127 cm³/mol. The first-order valence-corrected chi connectivity index (χ1v) is 10.3. The summed E-state index contributed by atoms with van der Waals surface area (Å²) < 4.78 is 0. The number of nitrogens with two attached hydrogens (primary N) is 1. The van der Waals surface area contributed by atoms with Gasteiger partial charge in [0.05, 0.1) is 0 Å². The van der Waals surface area contributed by atoms with Crippen molar-refractivity contribution in [1.82, 2.24) is 10.3 Å². The molecule has 0 saturated heterocycles. The fraction of sp³-hybridized carbons (Fsp3) is 0.111. The maximum Gasteiger partial charge on any atom is 0.251 e. The van der Waals surface area contributed by atoms with Crippen LogP contribution in [0.5, 0.6) is 0 Å². The Bertz CT molecular complexity index is 1130. The molecule has 0 aliphatic carbocycles. The van der Waals surface area contributed by atoms with Gasteiger partial charge in [-0.15, -0.1) is 0 Å². The first kappa shape index (κ1) is 20.4. The second kappa shape index (κ2) is 8.84. The van der Waals surface area contributed by atoms with E-state index in [0.29, 0.717) is 17.8 Å². The summed E-state index contributed by atoms with van der Waals surface area (Å²) in [4.78, 5) is 17.3. The van der Waals surface area contributed by atoms with Crippen molar-refractivity contribution in [3.05, 3.63) is 107 Å². The van der Waals surface area contributed by atoms with Gasteiger partial charge in [-0.25, -0.2) is 0 Å². The van der Waals surface area contributed by atoms with Crippen LogP contribution < -0.4 is 11.1 Å². The lowest BCUT2D eigenvalue weighted by atomic mass is 9.95. The van der Waals surface area contributed by atoms with Crippen LogP contribution in [0.2, 0.25) is 0 Å². The van der Waals surface area contributed by atoms with Crippen molar-refractivity contribution in [3.8, 4) is 22.3 Å². The van der Waals surface area contributed by atoms with Crippen molar-refractivity contribution in [2.75, 3.05) is 5.73 Å². The average molecular weight is 408 g/mol. The number of carbonyl (C=O) groups excluding carboxylic acids is 1. The Labute approximate surface area is 182 Å². The van der Waals surface area contributed by atoms with Gasteiger partial charge in [0.1, 0.15) is 0 Å². The maximum absolute atomic E-state index is 13.0. The Morgan fingerprint density at radius 1 is 0.806 bits per heavy atom. The third-order valence-corrected chi connectivity index (χ3v) is 5.25. The van der Waals surface area contributed by atoms with E-state index in [2.05, 4.69) is 47.6 Å². The Balaban J connectivity index is 1.68. The highest BCUT2D eigenvalue weighted by molar-refractivity contribution is 5.97. The monoisotopic (exact) mass is 407 g/mol. The lowest BCUT2D eigenvalue weighted by molar-refractivity contribution is 0.0951. The molecule has 0 fully saturated rings. The smallest absolute Gasteiger partial charge is 0.251 e. The van der Waals surface area contributed by atoms with Crippen molar-refractivity contribution in [2.24, 2.45) is 0 Å². The van der Waals surface area contributed by atoms with Gasteiger partial charge in [-0.05, 0) is 78.1 Å². The first-order valence-electron chi connectivity index (χ1n) is 10.3. The van der Waals surface area contributed by atoms with E-state index in [9.17, 15) is 4.79 Å². The van der Waals surface area contributed by atoms with Crippen LogP contribution in [0.4, 0.5) is 5.69 Å². The second-order valence-electron chi connectivity index (χ2n) is 7.78. The minimum Gasteiger partial charge on any atom is -0.399 e. The minimum absolute atomic E-state index is 0.119. The number of hydrogen-bond acceptors (Lipinski definition) is 3. The Morgan fingerprint density at radius 2 is 1.42 bits per heavy atom. The minimum atomic E-state index is -0.119. The van der Waals surface area contributed by atoms with Crippen molar-refractivity contribution >= 4 is 11.6 Å². The summed E-state index contributed by atoms with van der Waals surface area (Å²) in [5.41, 5.74) is 14.3. The Morgan fingerprint density at radius 3 is 2.00 bits per heavy atom. The molecule has 0 unspecified atom stereocenters. The molecule has 0 atom stereocenters. The van der Waals surface area contributed by atoms with Crippen molar-refractivity contribution in [3.63, 3.8) is 0 Å². The third-order valence-electron chi connectivity index (χ3n) is 5.25. The largest absolute Gasteiger partial charge is 0.399 e. The number of nitrogen functional groups attached to an aromatic ring is 1. The van der Waals surface area contributed by atoms with Gasteiger partial charge in [0.2, 0.25) is 0 Å². The van der Waals surface area contributed by atoms with E-state index in [-0.39, 0.29) is 5.91 Å². The molecule has 0 radical (unpaired) electrons. The normalized spacial score (nSPS) is 10.6. The maximum atomic E-state index is 13.0. The van der Waals surface area contributed by atoms with Crippen LogP contribution in [0, 0.1) is 13.8 Å². The molecule has 4 heteroatoms. The van der Waals surface area contributed by atoms with E-state index >= 15 is 0 Å². The molecule has 1 amide bonds. The van der Waals surface area contributed by atoms with E-state index in [4.69, 9.17) is 5.73 Å².